The van der Waals surface area contributed by atoms with E-state index in [9.17, 15) is 13.2 Å². The molecule has 0 spiro atoms. The monoisotopic (exact) mass is 434 g/mol. The molecule has 0 aliphatic carbocycles. The molecule has 3 aromatic rings. The van der Waals surface area contributed by atoms with Gasteiger partial charge in [-0.25, -0.2) is 8.42 Å². The van der Waals surface area contributed by atoms with Crippen LogP contribution in [0.15, 0.2) is 30.3 Å². The number of thiophene rings is 2. The van der Waals surface area contributed by atoms with E-state index in [4.69, 9.17) is 0 Å². The predicted octanol–water partition coefficient (Wildman–Crippen LogP) is 3.50. The molecule has 8 heteroatoms. The standard InChI is InChI=1S/C20H22N2O3S3/c23-20(18-10-17-19(27-18)13-6-2-3-7-16(13)26-17)21-14-11-28(24,25)12-15(14)22-8-4-1-5-9-22/h2-3,6-7,10,14-15H,1,4-5,8-9,11-12H2,(H,21,23). The molecule has 28 heavy (non-hydrogen) atoms. The SMILES string of the molecule is O=C(NC1CS(=O)(=O)CC1N1CCCCC1)c1cc2sc3ccccc3c2s1. The molecule has 1 amide bonds. The summed E-state index contributed by atoms with van der Waals surface area (Å²) in [6.45, 7) is 1.85. The van der Waals surface area contributed by atoms with Crippen molar-refractivity contribution in [3.05, 3.63) is 35.2 Å². The number of benzene rings is 1. The number of nitrogens with one attached hydrogen (secondary N) is 1. The average molecular weight is 435 g/mol. The fraction of sp³-hybridized carbons (Fsp3) is 0.450. The summed E-state index contributed by atoms with van der Waals surface area (Å²) in [7, 11) is -3.12. The number of nitrogens with zero attached hydrogens (tertiary/aromatic N) is 1. The van der Waals surface area contributed by atoms with Crippen LogP contribution in [0.4, 0.5) is 0 Å². The van der Waals surface area contributed by atoms with Crippen molar-refractivity contribution in [2.75, 3.05) is 24.6 Å². The second kappa shape index (κ2) is 7.09. The van der Waals surface area contributed by atoms with Crippen LogP contribution in [0.3, 0.4) is 0 Å². The van der Waals surface area contributed by atoms with Crippen molar-refractivity contribution in [2.45, 2.75) is 31.3 Å². The van der Waals surface area contributed by atoms with E-state index in [-0.39, 0.29) is 29.5 Å². The van der Waals surface area contributed by atoms with Gasteiger partial charge >= 0.3 is 0 Å². The molecule has 0 radical (unpaired) electrons. The summed E-state index contributed by atoms with van der Waals surface area (Å²) >= 11 is 3.19. The number of sulfone groups is 1. The van der Waals surface area contributed by atoms with Gasteiger partial charge < -0.3 is 5.32 Å². The van der Waals surface area contributed by atoms with E-state index in [1.807, 2.05) is 18.2 Å². The number of likely N-dealkylation sites (tertiary alicyclic amines) is 1. The average Bonchev–Trinajstić information content (AvgIpc) is 3.32. The topological polar surface area (TPSA) is 66.5 Å². The Morgan fingerprint density at radius 1 is 1.04 bits per heavy atom. The molecule has 0 bridgehead atoms. The van der Waals surface area contributed by atoms with Gasteiger partial charge in [0.15, 0.2) is 9.84 Å². The minimum Gasteiger partial charge on any atom is -0.346 e. The minimum absolute atomic E-state index is 0.0442. The highest BCUT2D eigenvalue weighted by atomic mass is 32.2. The Kier molecular flexibility index (Phi) is 4.70. The number of carbonyl (C=O) groups is 1. The molecular weight excluding hydrogens is 412 g/mol. The van der Waals surface area contributed by atoms with Crippen LogP contribution in [0.1, 0.15) is 28.9 Å². The molecule has 2 atom stereocenters. The van der Waals surface area contributed by atoms with E-state index in [1.165, 1.54) is 27.8 Å². The van der Waals surface area contributed by atoms with Gasteiger partial charge in [0.25, 0.3) is 5.91 Å². The highest BCUT2D eigenvalue weighted by Gasteiger charge is 2.42. The van der Waals surface area contributed by atoms with Crippen molar-refractivity contribution in [3.63, 3.8) is 0 Å². The second-order valence-electron chi connectivity index (χ2n) is 7.72. The third-order valence-corrected chi connectivity index (χ3v) is 9.90. The zero-order chi connectivity index (χ0) is 19.3. The van der Waals surface area contributed by atoms with Crippen molar-refractivity contribution in [2.24, 2.45) is 0 Å². The number of amides is 1. The van der Waals surface area contributed by atoms with Gasteiger partial charge in [-0.05, 0) is 38.1 Å². The van der Waals surface area contributed by atoms with Crippen LogP contribution in [-0.4, -0.2) is 55.9 Å². The molecule has 2 fully saturated rings. The molecule has 4 heterocycles. The maximum atomic E-state index is 12.9. The lowest BCUT2D eigenvalue weighted by Gasteiger charge is -2.34. The first-order valence-electron chi connectivity index (χ1n) is 9.67. The molecule has 1 N–H and O–H groups in total. The molecule has 1 aromatic carbocycles. The molecular formula is C20H22N2O3S3. The van der Waals surface area contributed by atoms with Gasteiger partial charge in [0, 0.05) is 20.8 Å². The van der Waals surface area contributed by atoms with E-state index in [1.54, 1.807) is 11.3 Å². The molecule has 2 aromatic heterocycles. The van der Waals surface area contributed by atoms with Gasteiger partial charge in [-0.3, -0.25) is 9.69 Å². The summed E-state index contributed by atoms with van der Waals surface area (Å²) in [6, 6.07) is 9.74. The van der Waals surface area contributed by atoms with Crippen molar-refractivity contribution < 1.29 is 13.2 Å². The number of hydrogen-bond acceptors (Lipinski definition) is 6. The van der Waals surface area contributed by atoms with E-state index in [2.05, 4.69) is 22.3 Å². The maximum Gasteiger partial charge on any atom is 0.261 e. The highest BCUT2D eigenvalue weighted by Crippen LogP contribution is 2.39. The third kappa shape index (κ3) is 3.36. The van der Waals surface area contributed by atoms with Crippen LogP contribution in [0, 0.1) is 0 Å². The molecule has 0 saturated carbocycles. The van der Waals surface area contributed by atoms with Crippen LogP contribution >= 0.6 is 22.7 Å². The summed E-state index contributed by atoms with van der Waals surface area (Å²) in [5.41, 5.74) is 0. The molecule has 148 valence electrons. The predicted molar refractivity (Wildman–Crippen MR) is 116 cm³/mol. The van der Waals surface area contributed by atoms with Crippen LogP contribution < -0.4 is 5.32 Å². The van der Waals surface area contributed by atoms with Gasteiger partial charge in [-0.15, -0.1) is 22.7 Å². The van der Waals surface area contributed by atoms with Gasteiger partial charge in [-0.1, -0.05) is 24.6 Å². The van der Waals surface area contributed by atoms with Crippen molar-refractivity contribution in [1.29, 1.82) is 0 Å². The van der Waals surface area contributed by atoms with Gasteiger partial charge in [0.1, 0.15) is 0 Å². The molecule has 2 aliphatic heterocycles. The summed E-state index contributed by atoms with van der Waals surface area (Å²) in [6.07, 6.45) is 3.41. The summed E-state index contributed by atoms with van der Waals surface area (Å²) < 4.78 is 28.0. The van der Waals surface area contributed by atoms with Crippen LogP contribution in [0.2, 0.25) is 0 Å². The third-order valence-electron chi connectivity index (χ3n) is 5.77. The Morgan fingerprint density at radius 3 is 2.64 bits per heavy atom. The number of piperidine rings is 1. The number of hydrogen-bond donors (Lipinski definition) is 1. The van der Waals surface area contributed by atoms with Gasteiger partial charge in [0.05, 0.1) is 27.1 Å². The number of fused-ring (bicyclic) bond motifs is 3. The van der Waals surface area contributed by atoms with Crippen LogP contribution in [-0.2, 0) is 9.84 Å². The zero-order valence-electron chi connectivity index (χ0n) is 15.4. The first kappa shape index (κ1) is 18.5. The fourth-order valence-corrected chi connectivity index (χ4v) is 8.81. The highest BCUT2D eigenvalue weighted by molar-refractivity contribution is 7.91. The molecule has 2 unspecified atom stereocenters. The van der Waals surface area contributed by atoms with E-state index >= 15 is 0 Å². The smallest absolute Gasteiger partial charge is 0.261 e. The lowest BCUT2D eigenvalue weighted by molar-refractivity contribution is 0.0904. The van der Waals surface area contributed by atoms with E-state index in [0.717, 1.165) is 35.3 Å². The molecule has 2 saturated heterocycles. The van der Waals surface area contributed by atoms with E-state index in [0.29, 0.717) is 4.88 Å². The number of carbonyl (C=O) groups excluding carboxylic acids is 1. The largest absolute Gasteiger partial charge is 0.346 e. The van der Waals surface area contributed by atoms with Crippen LogP contribution in [0.5, 0.6) is 0 Å². The summed E-state index contributed by atoms with van der Waals surface area (Å²) in [5, 5.41) is 4.23. The Bertz CT molecular complexity index is 1140. The first-order chi connectivity index (χ1) is 13.5. The van der Waals surface area contributed by atoms with Gasteiger partial charge in [0.2, 0.25) is 0 Å². The number of rotatable bonds is 3. The summed E-state index contributed by atoms with van der Waals surface area (Å²) in [4.78, 5) is 15.9. The lowest BCUT2D eigenvalue weighted by Crippen LogP contribution is -2.52. The normalized spacial score (nSPS) is 25.4. The Morgan fingerprint density at radius 2 is 1.82 bits per heavy atom. The first-order valence-corrected chi connectivity index (χ1v) is 13.1. The summed E-state index contributed by atoms with van der Waals surface area (Å²) in [5.74, 6) is 0.0478. The van der Waals surface area contributed by atoms with Crippen LogP contribution in [0.25, 0.3) is 19.5 Å². The van der Waals surface area contributed by atoms with Crippen molar-refractivity contribution in [3.8, 4) is 0 Å². The zero-order valence-corrected chi connectivity index (χ0v) is 17.8. The molecule has 5 rings (SSSR count). The Balaban J connectivity index is 1.39. The quantitative estimate of drug-likeness (QED) is 0.685. The second-order valence-corrected chi connectivity index (χ2v) is 12.0. The van der Waals surface area contributed by atoms with Crippen molar-refractivity contribution >= 4 is 57.9 Å². The maximum absolute atomic E-state index is 12.9. The van der Waals surface area contributed by atoms with Crippen molar-refractivity contribution in [1.82, 2.24) is 10.2 Å². The lowest BCUT2D eigenvalue weighted by atomic mass is 10.0. The van der Waals surface area contributed by atoms with Gasteiger partial charge in [-0.2, -0.15) is 0 Å². The van der Waals surface area contributed by atoms with E-state index < -0.39 is 9.84 Å². The Hall–Kier alpha value is -1.48. The fourth-order valence-electron chi connectivity index (χ4n) is 4.43. The Labute approximate surface area is 172 Å². The minimum atomic E-state index is -3.12. The molecule has 2 aliphatic rings. The molecule has 5 nitrogen and oxygen atoms in total.